The number of nitrogens with two attached hydrogens (primary N) is 4. The van der Waals surface area contributed by atoms with Crippen LogP contribution in [0, 0.1) is 25.5 Å². The Morgan fingerprint density at radius 2 is 0.701 bits per heavy atom. The molecule has 726 valence electrons. The molecule has 14 aromatic rings. The van der Waals surface area contributed by atoms with E-state index in [0.717, 1.165) is 22.3 Å². The largest absolute Gasteiger partial charge is 0.496 e. The number of Topliss-reactive ketones (excluding diaryl/α,β-unsaturated/α-hetero) is 4. The SMILES string of the molecule is CC(=O)COP(=O)(COCCn1cnc2c(=O)[nH]c(N)nc21)OCc1cccc(F)c1.CCC(=O)COP(=O)(COCCn1cnc2c(=O)[nH]c(N)nc21)OCc1cccc(F)c1.COc1cc(C(=O)COP(=O)(COCCn2cnc3c(=O)[nH]c(N)nc32)OCc2ccccc2)ccc1C.Cc1ccc(C(=O)COP(=O)(COCCn2cnc3c(=O)[nH]c(N)nc32)OCc2ccccc2)cc1. The number of aromatic nitrogens is 16. The molecule has 8 heterocycles. The van der Waals surface area contributed by atoms with Crippen molar-refractivity contribution in [3.05, 3.63) is 275 Å². The van der Waals surface area contributed by atoms with Gasteiger partial charge in [0.05, 0.1) is 85.3 Å². The molecule has 0 fully saturated rings. The lowest BCUT2D eigenvalue weighted by Crippen LogP contribution is -2.14. The van der Waals surface area contributed by atoms with Gasteiger partial charge in [-0.15, -0.1) is 0 Å². The van der Waals surface area contributed by atoms with E-state index in [1.54, 1.807) is 67.7 Å². The van der Waals surface area contributed by atoms with Gasteiger partial charge in [0.1, 0.15) is 69.2 Å². The fourth-order valence-electron chi connectivity index (χ4n) is 12.1. The number of halogens is 2. The number of ether oxygens (including phenoxy) is 5. The number of nitrogens with one attached hydrogen (secondary N) is 4. The first-order valence-corrected chi connectivity index (χ1v) is 48.6. The van der Waals surface area contributed by atoms with Crippen molar-refractivity contribution in [1.29, 1.82) is 0 Å². The van der Waals surface area contributed by atoms with Gasteiger partial charge in [-0.05, 0) is 78.9 Å². The maximum absolute atomic E-state index is 13.5. The minimum atomic E-state index is -3.85. The van der Waals surface area contributed by atoms with Gasteiger partial charge in [-0.25, -0.2) is 28.7 Å². The van der Waals surface area contributed by atoms with Crippen LogP contribution in [0.3, 0.4) is 0 Å². The summed E-state index contributed by atoms with van der Waals surface area (Å²) in [6.07, 6.45) is 4.28. The topological polar surface area (TPSA) is 615 Å². The minimum Gasteiger partial charge on any atom is -0.496 e. The number of nitrogen functional groups attached to an aromatic ring is 4. The number of carbonyl (C=O) groups is 4. The summed E-state index contributed by atoms with van der Waals surface area (Å²) in [4.78, 5) is 137. The van der Waals surface area contributed by atoms with E-state index < -0.39 is 110 Å². The molecule has 0 spiro atoms. The Morgan fingerprint density at radius 1 is 0.387 bits per heavy atom. The van der Waals surface area contributed by atoms with Crippen LogP contribution in [-0.2, 0) is 136 Å². The number of benzene rings is 6. The number of methoxy groups -OCH3 is 1. The Hall–Kier alpha value is -13.3. The molecule has 0 amide bonds. The van der Waals surface area contributed by atoms with Crippen LogP contribution in [0.4, 0.5) is 32.6 Å². The molecule has 6 aromatic carbocycles. The summed E-state index contributed by atoms with van der Waals surface area (Å²) in [5.74, 6) is -1.81. The highest BCUT2D eigenvalue weighted by Crippen LogP contribution is 2.52. The second-order valence-electron chi connectivity index (χ2n) is 29.7. The predicted molar refractivity (Wildman–Crippen MR) is 496 cm³/mol. The summed E-state index contributed by atoms with van der Waals surface area (Å²) in [5.41, 5.74) is 27.5. The van der Waals surface area contributed by atoms with Crippen LogP contribution < -0.4 is 49.9 Å². The maximum Gasteiger partial charge on any atom is 0.356 e. The van der Waals surface area contributed by atoms with Crippen molar-refractivity contribution in [3.63, 3.8) is 0 Å². The van der Waals surface area contributed by atoms with Gasteiger partial charge in [0, 0.05) is 43.7 Å². The second-order valence-corrected chi connectivity index (χ2v) is 37.7. The number of hydrogen-bond donors (Lipinski definition) is 8. The smallest absolute Gasteiger partial charge is 0.356 e. The van der Waals surface area contributed by atoms with Gasteiger partial charge < -0.3 is 83.0 Å². The van der Waals surface area contributed by atoms with Crippen LogP contribution >= 0.6 is 30.4 Å². The Bertz CT molecular complexity index is 6970. The number of ketones is 4. The minimum absolute atomic E-state index is 0.00611. The second kappa shape index (κ2) is 50.0. The van der Waals surface area contributed by atoms with Crippen molar-refractivity contribution in [2.75, 3.05) is 108 Å². The predicted octanol–water partition coefficient (Wildman–Crippen LogP) is 10.6. The number of hydrogen-bond acceptors (Lipinski definition) is 37. The van der Waals surface area contributed by atoms with E-state index in [1.807, 2.05) is 86.6 Å². The number of nitrogens with zero attached hydrogens (tertiary/aromatic N) is 12. The molecular formula is C86H98F2N20O25P4. The van der Waals surface area contributed by atoms with Crippen molar-refractivity contribution in [2.45, 2.75) is 86.7 Å². The number of anilines is 4. The lowest BCUT2D eigenvalue weighted by molar-refractivity contribution is -0.121. The van der Waals surface area contributed by atoms with E-state index in [9.17, 15) is 65.4 Å². The van der Waals surface area contributed by atoms with Crippen molar-refractivity contribution >= 4 is 122 Å². The van der Waals surface area contributed by atoms with Gasteiger partial charge in [-0.3, -0.25) is 94.6 Å². The van der Waals surface area contributed by atoms with Crippen LogP contribution in [-0.4, -0.2) is 187 Å². The zero-order valence-corrected chi connectivity index (χ0v) is 78.1. The quantitative estimate of drug-likeness (QED) is 0.00997. The summed E-state index contributed by atoms with van der Waals surface area (Å²) in [6.45, 7) is 5.91. The van der Waals surface area contributed by atoms with E-state index in [1.165, 1.54) is 75.7 Å². The lowest BCUT2D eigenvalue weighted by atomic mass is 10.1. The average molecular weight is 1970 g/mol. The molecule has 0 aliphatic rings. The highest BCUT2D eigenvalue weighted by Gasteiger charge is 2.32. The fourth-order valence-corrected chi connectivity index (χ4v) is 17.1. The summed E-state index contributed by atoms with van der Waals surface area (Å²) in [6, 6.07) is 41.6. The monoisotopic (exact) mass is 1970 g/mol. The van der Waals surface area contributed by atoms with Crippen LogP contribution in [0.1, 0.15) is 74.4 Å². The first kappa shape index (κ1) is 104. The maximum atomic E-state index is 13.5. The first-order valence-electron chi connectivity index (χ1n) is 41.7. The van der Waals surface area contributed by atoms with Crippen molar-refractivity contribution in [3.8, 4) is 5.75 Å². The number of aryl methyl sites for hydroxylation is 2. The van der Waals surface area contributed by atoms with Gasteiger partial charge in [0.2, 0.25) is 23.8 Å². The number of carbonyl (C=O) groups excluding carboxylic acids is 4. The molecule has 4 atom stereocenters. The molecule has 14 rings (SSSR count). The summed E-state index contributed by atoms with van der Waals surface area (Å²) in [5, 5.41) is 0. The molecule has 8 aromatic heterocycles. The molecule has 45 nitrogen and oxygen atoms in total. The highest BCUT2D eigenvalue weighted by molar-refractivity contribution is 7.54. The van der Waals surface area contributed by atoms with Crippen LogP contribution in [0.5, 0.6) is 5.75 Å². The third-order valence-electron chi connectivity index (χ3n) is 19.2. The molecule has 0 saturated carbocycles. The first-order chi connectivity index (χ1) is 65.7. The Morgan fingerprint density at radius 3 is 1.03 bits per heavy atom. The molecule has 0 saturated heterocycles. The van der Waals surface area contributed by atoms with E-state index in [2.05, 4.69) is 59.8 Å². The zero-order chi connectivity index (χ0) is 98.2. The Balaban J connectivity index is 0.000000176. The summed E-state index contributed by atoms with van der Waals surface area (Å²) >= 11 is 0. The third kappa shape index (κ3) is 31.6. The molecule has 0 bridgehead atoms. The normalized spacial score (nSPS) is 13.1. The number of H-pyrrole nitrogens is 4. The van der Waals surface area contributed by atoms with E-state index in [4.69, 9.17) is 82.8 Å². The molecule has 51 heteroatoms. The molecule has 12 N–H and O–H groups in total. The third-order valence-corrected chi connectivity index (χ3v) is 25.4. The zero-order valence-electron chi connectivity index (χ0n) is 74.5. The lowest BCUT2D eigenvalue weighted by Gasteiger charge is -2.19. The molecule has 0 aliphatic heterocycles. The molecule has 0 radical (unpaired) electrons. The molecular weight excluding hydrogens is 1870 g/mol. The van der Waals surface area contributed by atoms with E-state index in [0.29, 0.717) is 39.3 Å². The van der Waals surface area contributed by atoms with E-state index >= 15 is 0 Å². The summed E-state index contributed by atoms with van der Waals surface area (Å²) in [7, 11) is -13.7. The Labute approximate surface area is 777 Å². The molecule has 4 unspecified atom stereocenters. The van der Waals surface area contributed by atoms with Crippen LogP contribution in [0.2, 0.25) is 0 Å². The van der Waals surface area contributed by atoms with Crippen molar-refractivity contribution in [2.24, 2.45) is 0 Å². The Kier molecular flexibility index (Phi) is 38.0. The van der Waals surface area contributed by atoms with Crippen molar-refractivity contribution < 1.29 is 106 Å². The average Bonchev–Trinajstić information content (AvgIpc) is 1.69. The van der Waals surface area contributed by atoms with Gasteiger partial charge in [-0.1, -0.05) is 134 Å². The highest BCUT2D eigenvalue weighted by atomic mass is 31.2. The number of aromatic amines is 4. The van der Waals surface area contributed by atoms with Gasteiger partial charge >= 0.3 is 30.4 Å². The number of fused-ring (bicyclic) bond motifs is 4. The number of rotatable bonds is 48. The van der Waals surface area contributed by atoms with Gasteiger partial charge in [0.25, 0.3) is 22.2 Å². The fraction of sp³-hybridized carbons (Fsp3) is 0.302. The van der Waals surface area contributed by atoms with Crippen molar-refractivity contribution in [1.82, 2.24) is 78.1 Å². The molecule has 0 aliphatic carbocycles. The van der Waals surface area contributed by atoms with Crippen LogP contribution in [0.25, 0.3) is 44.7 Å². The van der Waals surface area contributed by atoms with Gasteiger partial charge in [-0.2, -0.15) is 19.9 Å². The number of imidazole rings is 4. The summed E-state index contributed by atoms with van der Waals surface area (Å²) < 4.78 is 157. The standard InChI is InChI=1S/C25H28N5O7P.C24H26N5O6P.C19H23FN5O6P.C18H21FN5O6P/c1-17-8-9-19(12-21(17)34-2)20(31)14-37-38(33,36-13-18-6-4-3-5-7-18)16-35-11-10-30-15-27-22-23(30)28-25(26)29-24(22)32;1-17-7-9-19(10-8-17)20(30)14-35-36(32,34-13-18-5-3-2-4-6-18)16-33-12-11-29-15-26-21-22(29)27-24(25)28-23(21)31;1-2-15(26)10-31-32(28,30-9-13-4-3-5-14(20)8-13)12-29-7-6-25-11-22-16-17(25)23-19(21)24-18(16)27;1-12(25)8-29-31(27,30-9-13-3-2-4-14(19)7-13)11-28-6-5-24-10-21-15-16(24)22-18(20)23-17(15)26/h3-9,12,15H,10-11,13-14,16H2,1-2H3,(H3,26,28,29,32);2-10,15H,11-14,16H2,1H3,(H3,25,27,28,31);3-5,8,11H,2,6-7,9-10,12H2,1H3,(H3,21,23,24,27);2-4,7,10H,5-6,8-9,11H2,1H3,(H3,20,22,23,26). The van der Waals surface area contributed by atoms with Crippen LogP contribution in [0.15, 0.2) is 196 Å². The van der Waals surface area contributed by atoms with E-state index in [-0.39, 0.29) is 172 Å². The van der Waals surface area contributed by atoms with Gasteiger partial charge in [0.15, 0.2) is 67.8 Å². The molecule has 137 heavy (non-hydrogen) atoms.